The van der Waals surface area contributed by atoms with Crippen molar-refractivity contribution in [2.75, 3.05) is 5.73 Å². The van der Waals surface area contributed by atoms with E-state index in [1.165, 1.54) is 0 Å². The first-order valence-corrected chi connectivity index (χ1v) is 5.93. The van der Waals surface area contributed by atoms with E-state index in [0.717, 1.165) is 27.7 Å². The summed E-state index contributed by atoms with van der Waals surface area (Å²) in [5, 5.41) is 3.02. The maximum atomic E-state index is 5.68. The van der Waals surface area contributed by atoms with E-state index in [9.17, 15) is 0 Å². The zero-order chi connectivity index (χ0) is 11.5. The van der Waals surface area contributed by atoms with E-state index in [1.807, 2.05) is 37.4 Å². The number of aryl methyl sites for hydroxylation is 2. The van der Waals surface area contributed by atoms with Gasteiger partial charge in [0, 0.05) is 16.8 Å². The molecule has 0 atom stereocenters. The Morgan fingerprint density at radius 3 is 2.81 bits per heavy atom. The van der Waals surface area contributed by atoms with Crippen LogP contribution in [0.5, 0.6) is 5.75 Å². The number of benzene rings is 1. The lowest BCUT2D eigenvalue weighted by Gasteiger charge is -2.07. The summed E-state index contributed by atoms with van der Waals surface area (Å²) >= 11 is 1.62. The molecule has 2 N–H and O–H groups in total. The summed E-state index contributed by atoms with van der Waals surface area (Å²) in [5.74, 6) is 0.863. The fraction of sp³-hybridized carbons (Fsp3) is 0.250. The van der Waals surface area contributed by atoms with E-state index >= 15 is 0 Å². The highest BCUT2D eigenvalue weighted by molar-refractivity contribution is 7.09. The molecule has 0 aliphatic rings. The number of nitrogens with zero attached hydrogens (tertiary/aromatic N) is 1. The molecule has 0 spiro atoms. The predicted octanol–water partition coefficient (Wildman–Crippen LogP) is 2.92. The molecule has 2 rings (SSSR count). The summed E-state index contributed by atoms with van der Waals surface area (Å²) in [5.41, 5.74) is 8.52. The molecule has 0 bridgehead atoms. The van der Waals surface area contributed by atoms with Crippen molar-refractivity contribution >= 4 is 17.0 Å². The molecule has 2 aromatic rings. The topological polar surface area (TPSA) is 48.1 Å². The van der Waals surface area contributed by atoms with Crippen LogP contribution in [0.25, 0.3) is 0 Å². The number of rotatable bonds is 3. The highest BCUT2D eigenvalue weighted by Gasteiger charge is 2.02. The van der Waals surface area contributed by atoms with Crippen LogP contribution in [0.2, 0.25) is 0 Å². The molecule has 0 fully saturated rings. The fourth-order valence-electron chi connectivity index (χ4n) is 1.44. The molecule has 1 aromatic carbocycles. The highest BCUT2D eigenvalue weighted by Crippen LogP contribution is 2.21. The van der Waals surface area contributed by atoms with Crippen molar-refractivity contribution in [2.24, 2.45) is 0 Å². The summed E-state index contributed by atoms with van der Waals surface area (Å²) in [6.07, 6.45) is 0. The van der Waals surface area contributed by atoms with Crippen LogP contribution in [0.15, 0.2) is 23.6 Å². The van der Waals surface area contributed by atoms with Crippen molar-refractivity contribution in [2.45, 2.75) is 20.5 Å². The minimum Gasteiger partial charge on any atom is -0.486 e. The molecule has 1 aromatic heterocycles. The number of ether oxygens (including phenoxy) is 1. The Balaban J connectivity index is 2.04. The van der Waals surface area contributed by atoms with E-state index in [-0.39, 0.29) is 0 Å². The molecule has 0 radical (unpaired) electrons. The van der Waals surface area contributed by atoms with Crippen LogP contribution in [0, 0.1) is 13.8 Å². The maximum Gasteiger partial charge on any atom is 0.140 e. The Hall–Kier alpha value is -1.55. The maximum absolute atomic E-state index is 5.68. The minimum absolute atomic E-state index is 0.517. The summed E-state index contributed by atoms with van der Waals surface area (Å²) in [6.45, 7) is 4.48. The van der Waals surface area contributed by atoms with Gasteiger partial charge in [0.25, 0.3) is 0 Å². The predicted molar refractivity (Wildman–Crippen MR) is 66.8 cm³/mol. The van der Waals surface area contributed by atoms with Gasteiger partial charge < -0.3 is 10.5 Å². The Morgan fingerprint density at radius 2 is 2.19 bits per heavy atom. The van der Waals surface area contributed by atoms with Gasteiger partial charge in [-0.25, -0.2) is 4.98 Å². The van der Waals surface area contributed by atoms with E-state index in [2.05, 4.69) is 4.98 Å². The van der Waals surface area contributed by atoms with Gasteiger partial charge in [0.1, 0.15) is 17.4 Å². The Labute approximate surface area is 98.9 Å². The van der Waals surface area contributed by atoms with Gasteiger partial charge in [-0.15, -0.1) is 11.3 Å². The molecule has 16 heavy (non-hydrogen) atoms. The van der Waals surface area contributed by atoms with Crippen LogP contribution in [-0.4, -0.2) is 4.98 Å². The second-order valence-corrected chi connectivity index (χ2v) is 4.64. The number of nitrogens with two attached hydrogens (primary N) is 1. The van der Waals surface area contributed by atoms with Crippen molar-refractivity contribution in [3.05, 3.63) is 39.8 Å². The van der Waals surface area contributed by atoms with Gasteiger partial charge in [0.2, 0.25) is 0 Å². The van der Waals surface area contributed by atoms with Crippen LogP contribution in [0.3, 0.4) is 0 Å². The minimum atomic E-state index is 0.517. The number of anilines is 1. The van der Waals surface area contributed by atoms with Crippen LogP contribution in [0.1, 0.15) is 16.3 Å². The molecule has 0 saturated carbocycles. The van der Waals surface area contributed by atoms with Crippen molar-refractivity contribution in [1.29, 1.82) is 0 Å². The third kappa shape index (κ3) is 2.52. The molecule has 0 unspecified atom stereocenters. The first kappa shape index (κ1) is 11.0. The number of hydrogen-bond acceptors (Lipinski definition) is 4. The molecule has 84 valence electrons. The normalized spacial score (nSPS) is 10.4. The molecule has 0 saturated heterocycles. The van der Waals surface area contributed by atoms with Crippen molar-refractivity contribution in [1.82, 2.24) is 4.98 Å². The third-order valence-corrected chi connectivity index (χ3v) is 3.16. The zero-order valence-corrected chi connectivity index (χ0v) is 10.2. The van der Waals surface area contributed by atoms with Gasteiger partial charge in [-0.2, -0.15) is 0 Å². The first-order valence-electron chi connectivity index (χ1n) is 5.05. The van der Waals surface area contributed by atoms with Crippen molar-refractivity contribution < 1.29 is 4.74 Å². The fourth-order valence-corrected chi connectivity index (χ4v) is 2.13. The van der Waals surface area contributed by atoms with Gasteiger partial charge in [0.05, 0.1) is 0 Å². The van der Waals surface area contributed by atoms with Crippen molar-refractivity contribution in [3.63, 3.8) is 0 Å². The highest BCUT2D eigenvalue weighted by atomic mass is 32.1. The first-order chi connectivity index (χ1) is 7.65. The van der Waals surface area contributed by atoms with Crippen LogP contribution >= 0.6 is 11.3 Å². The van der Waals surface area contributed by atoms with Gasteiger partial charge in [-0.05, 0) is 37.6 Å². The smallest absolute Gasteiger partial charge is 0.140 e. The second kappa shape index (κ2) is 4.53. The number of hydrogen-bond donors (Lipinski definition) is 1. The van der Waals surface area contributed by atoms with Gasteiger partial charge in [-0.1, -0.05) is 0 Å². The van der Waals surface area contributed by atoms with Gasteiger partial charge in [0.15, 0.2) is 0 Å². The molecule has 1 heterocycles. The zero-order valence-electron chi connectivity index (χ0n) is 9.36. The summed E-state index contributed by atoms with van der Waals surface area (Å²) in [6, 6.07) is 5.64. The van der Waals surface area contributed by atoms with Gasteiger partial charge in [-0.3, -0.25) is 0 Å². The lowest BCUT2D eigenvalue weighted by Crippen LogP contribution is -1.97. The number of thiazole rings is 1. The average molecular weight is 234 g/mol. The third-order valence-electron chi connectivity index (χ3n) is 2.22. The Kier molecular flexibility index (Phi) is 3.10. The average Bonchev–Trinajstić information content (AvgIpc) is 2.63. The SMILES string of the molecule is Cc1csc(COc2ccc(N)cc2C)n1. The second-order valence-electron chi connectivity index (χ2n) is 3.70. The Bertz CT molecular complexity index is 494. The molecular weight excluding hydrogens is 220 g/mol. The molecular formula is C12H14N2OS. The summed E-state index contributed by atoms with van der Waals surface area (Å²) in [4.78, 5) is 4.34. The summed E-state index contributed by atoms with van der Waals surface area (Å²) in [7, 11) is 0. The Morgan fingerprint density at radius 1 is 1.38 bits per heavy atom. The molecule has 0 aliphatic carbocycles. The number of aromatic nitrogens is 1. The van der Waals surface area contributed by atoms with E-state index in [0.29, 0.717) is 6.61 Å². The largest absolute Gasteiger partial charge is 0.486 e. The van der Waals surface area contributed by atoms with Crippen LogP contribution in [0.4, 0.5) is 5.69 Å². The van der Waals surface area contributed by atoms with Gasteiger partial charge >= 0.3 is 0 Å². The van der Waals surface area contributed by atoms with Crippen molar-refractivity contribution in [3.8, 4) is 5.75 Å². The lowest BCUT2D eigenvalue weighted by molar-refractivity contribution is 0.303. The lowest BCUT2D eigenvalue weighted by atomic mass is 10.2. The molecule has 3 nitrogen and oxygen atoms in total. The van der Waals surface area contributed by atoms with E-state index in [4.69, 9.17) is 10.5 Å². The molecule has 0 aliphatic heterocycles. The van der Waals surface area contributed by atoms with E-state index < -0.39 is 0 Å². The van der Waals surface area contributed by atoms with Crippen LogP contribution in [-0.2, 0) is 6.61 Å². The monoisotopic (exact) mass is 234 g/mol. The molecule has 0 amide bonds. The standard InChI is InChI=1S/C12H14N2OS/c1-8-5-10(13)3-4-11(8)15-6-12-14-9(2)7-16-12/h3-5,7H,6,13H2,1-2H3. The van der Waals surface area contributed by atoms with E-state index in [1.54, 1.807) is 11.3 Å². The quantitative estimate of drug-likeness (QED) is 0.831. The number of nitrogen functional groups attached to an aromatic ring is 1. The molecule has 4 heteroatoms. The summed E-state index contributed by atoms with van der Waals surface area (Å²) < 4.78 is 5.68. The van der Waals surface area contributed by atoms with Crippen LogP contribution < -0.4 is 10.5 Å².